The van der Waals surface area contributed by atoms with Crippen molar-refractivity contribution in [2.24, 2.45) is 5.84 Å². The fraction of sp³-hybridized carbons (Fsp3) is 0.400. The van der Waals surface area contributed by atoms with Crippen molar-refractivity contribution in [3.63, 3.8) is 0 Å². The predicted octanol–water partition coefficient (Wildman–Crippen LogP) is -0.585. The van der Waals surface area contributed by atoms with Gasteiger partial charge in [0, 0.05) is 25.4 Å². The van der Waals surface area contributed by atoms with Crippen molar-refractivity contribution in [3.8, 4) is 0 Å². The molecule has 0 spiro atoms. The molecule has 4 N–H and O–H groups in total. The number of nitrogens with zero attached hydrogens (tertiary/aromatic N) is 1. The van der Waals surface area contributed by atoms with Crippen molar-refractivity contribution in [3.05, 3.63) is 18.2 Å². The molecule has 0 saturated heterocycles. The van der Waals surface area contributed by atoms with E-state index in [1.54, 1.807) is 12.4 Å². The van der Waals surface area contributed by atoms with Crippen molar-refractivity contribution in [2.45, 2.75) is 6.42 Å². The van der Waals surface area contributed by atoms with Gasteiger partial charge in [0.05, 0.1) is 0 Å². The van der Waals surface area contributed by atoms with Crippen molar-refractivity contribution < 1.29 is 0 Å². The molecule has 9 heavy (non-hydrogen) atoms. The summed E-state index contributed by atoms with van der Waals surface area (Å²) in [6.45, 7) is 0.757. The Balaban J connectivity index is 2.30. The van der Waals surface area contributed by atoms with Gasteiger partial charge < -0.3 is 4.98 Å². The molecular weight excluding hydrogens is 116 g/mol. The minimum atomic E-state index is 0.757. The first kappa shape index (κ1) is 6.25. The molecule has 50 valence electrons. The van der Waals surface area contributed by atoms with Crippen LogP contribution in [0, 0.1) is 0 Å². The molecule has 0 bridgehead atoms. The fourth-order valence-corrected chi connectivity index (χ4v) is 0.625. The quantitative estimate of drug-likeness (QED) is 0.375. The summed E-state index contributed by atoms with van der Waals surface area (Å²) in [5, 5.41) is 0. The molecule has 1 aromatic rings. The van der Waals surface area contributed by atoms with E-state index in [4.69, 9.17) is 5.84 Å². The average molecular weight is 126 g/mol. The van der Waals surface area contributed by atoms with E-state index in [-0.39, 0.29) is 0 Å². The van der Waals surface area contributed by atoms with Gasteiger partial charge in [0.15, 0.2) is 0 Å². The van der Waals surface area contributed by atoms with Gasteiger partial charge in [0.2, 0.25) is 0 Å². The number of hydrogen-bond donors (Lipinski definition) is 3. The summed E-state index contributed by atoms with van der Waals surface area (Å²) in [5.74, 6) is 6.02. The van der Waals surface area contributed by atoms with Gasteiger partial charge in [-0.25, -0.2) is 4.98 Å². The number of hydrazine groups is 1. The topological polar surface area (TPSA) is 66.7 Å². The van der Waals surface area contributed by atoms with Gasteiger partial charge in [0.1, 0.15) is 5.82 Å². The number of imidazole rings is 1. The van der Waals surface area contributed by atoms with E-state index in [0.717, 1.165) is 18.8 Å². The zero-order chi connectivity index (χ0) is 6.53. The SMILES string of the molecule is NNCCc1ncc[nH]1. The molecule has 0 saturated carbocycles. The van der Waals surface area contributed by atoms with Crippen molar-refractivity contribution in [1.29, 1.82) is 0 Å². The fourth-order valence-electron chi connectivity index (χ4n) is 0.625. The summed E-state index contributed by atoms with van der Waals surface area (Å²) in [6, 6.07) is 0. The second kappa shape index (κ2) is 3.21. The van der Waals surface area contributed by atoms with E-state index in [1.807, 2.05) is 0 Å². The highest BCUT2D eigenvalue weighted by atomic mass is 15.2. The lowest BCUT2D eigenvalue weighted by Gasteiger charge is -1.92. The molecule has 0 atom stereocenters. The Hall–Kier alpha value is -0.870. The summed E-state index contributed by atoms with van der Waals surface area (Å²) < 4.78 is 0. The molecular formula is C5H10N4. The van der Waals surface area contributed by atoms with Crippen molar-refractivity contribution >= 4 is 0 Å². The maximum Gasteiger partial charge on any atom is 0.107 e. The van der Waals surface area contributed by atoms with Crippen LogP contribution in [0.15, 0.2) is 12.4 Å². The van der Waals surface area contributed by atoms with Crippen LogP contribution in [0.1, 0.15) is 5.82 Å². The van der Waals surface area contributed by atoms with Gasteiger partial charge >= 0.3 is 0 Å². The number of hydrogen-bond acceptors (Lipinski definition) is 3. The van der Waals surface area contributed by atoms with E-state index in [9.17, 15) is 0 Å². The molecule has 0 radical (unpaired) electrons. The second-order valence-corrected chi connectivity index (χ2v) is 1.74. The van der Waals surface area contributed by atoms with Crippen molar-refractivity contribution in [1.82, 2.24) is 15.4 Å². The van der Waals surface area contributed by atoms with Crippen LogP contribution >= 0.6 is 0 Å². The lowest BCUT2D eigenvalue weighted by atomic mass is 10.4. The summed E-state index contributed by atoms with van der Waals surface area (Å²) in [7, 11) is 0. The molecule has 0 aliphatic rings. The zero-order valence-electron chi connectivity index (χ0n) is 5.09. The highest BCUT2D eigenvalue weighted by Gasteiger charge is 1.89. The van der Waals surface area contributed by atoms with Crippen LogP contribution in [0.2, 0.25) is 0 Å². The third-order valence-electron chi connectivity index (χ3n) is 1.06. The molecule has 0 aliphatic carbocycles. The largest absolute Gasteiger partial charge is 0.349 e. The van der Waals surface area contributed by atoms with Gasteiger partial charge in [-0.2, -0.15) is 0 Å². The van der Waals surface area contributed by atoms with Crippen LogP contribution < -0.4 is 11.3 Å². The molecule has 1 heterocycles. The highest BCUT2D eigenvalue weighted by molar-refractivity contribution is 4.86. The number of nitrogens with one attached hydrogen (secondary N) is 2. The Bertz CT molecular complexity index is 146. The molecule has 0 amide bonds. The van der Waals surface area contributed by atoms with Gasteiger partial charge in [-0.1, -0.05) is 0 Å². The summed E-state index contributed by atoms with van der Waals surface area (Å²) >= 11 is 0. The zero-order valence-corrected chi connectivity index (χ0v) is 5.09. The third-order valence-corrected chi connectivity index (χ3v) is 1.06. The van der Waals surface area contributed by atoms with E-state index in [1.165, 1.54) is 0 Å². The van der Waals surface area contributed by atoms with Gasteiger partial charge in [0.25, 0.3) is 0 Å². The monoisotopic (exact) mass is 126 g/mol. The Kier molecular flexibility index (Phi) is 2.23. The maximum atomic E-state index is 5.05. The van der Waals surface area contributed by atoms with Crippen LogP contribution in [-0.4, -0.2) is 16.5 Å². The summed E-state index contributed by atoms with van der Waals surface area (Å²) in [6.07, 6.45) is 4.38. The van der Waals surface area contributed by atoms with E-state index in [0.29, 0.717) is 0 Å². The van der Waals surface area contributed by atoms with Crippen LogP contribution in [0.25, 0.3) is 0 Å². The number of H-pyrrole nitrogens is 1. The lowest BCUT2D eigenvalue weighted by Crippen LogP contribution is -2.24. The average Bonchev–Trinajstić information content (AvgIpc) is 2.34. The van der Waals surface area contributed by atoms with Crippen LogP contribution in [0.4, 0.5) is 0 Å². The highest BCUT2D eigenvalue weighted by Crippen LogP contribution is 1.86. The molecule has 0 aromatic carbocycles. The Morgan fingerprint density at radius 3 is 3.22 bits per heavy atom. The maximum absolute atomic E-state index is 5.05. The Labute approximate surface area is 53.4 Å². The smallest absolute Gasteiger partial charge is 0.107 e. The number of rotatable bonds is 3. The summed E-state index contributed by atoms with van der Waals surface area (Å²) in [5.41, 5.74) is 2.55. The van der Waals surface area contributed by atoms with Crippen molar-refractivity contribution in [2.75, 3.05) is 6.54 Å². The number of nitrogens with two attached hydrogens (primary N) is 1. The van der Waals surface area contributed by atoms with Gasteiger partial charge in [-0.15, -0.1) is 0 Å². The molecule has 0 aliphatic heterocycles. The molecule has 4 nitrogen and oxygen atoms in total. The number of aromatic amines is 1. The van der Waals surface area contributed by atoms with Crippen LogP contribution in [-0.2, 0) is 6.42 Å². The molecule has 0 unspecified atom stereocenters. The van der Waals surface area contributed by atoms with E-state index >= 15 is 0 Å². The Morgan fingerprint density at radius 1 is 1.78 bits per heavy atom. The van der Waals surface area contributed by atoms with Gasteiger partial charge in [-0.05, 0) is 0 Å². The standard InChI is InChI=1S/C5H10N4/c6-9-2-1-5-7-3-4-8-5/h3-4,9H,1-2,6H2,(H,7,8). The first-order chi connectivity index (χ1) is 4.43. The normalized spacial score (nSPS) is 9.89. The molecule has 0 fully saturated rings. The van der Waals surface area contributed by atoms with E-state index < -0.39 is 0 Å². The second-order valence-electron chi connectivity index (χ2n) is 1.74. The lowest BCUT2D eigenvalue weighted by molar-refractivity contribution is 0.710. The van der Waals surface area contributed by atoms with Crippen LogP contribution in [0.5, 0.6) is 0 Å². The Morgan fingerprint density at radius 2 is 2.67 bits per heavy atom. The third kappa shape index (κ3) is 1.83. The predicted molar refractivity (Wildman–Crippen MR) is 34.5 cm³/mol. The van der Waals surface area contributed by atoms with Gasteiger partial charge in [-0.3, -0.25) is 11.3 Å². The van der Waals surface area contributed by atoms with E-state index in [2.05, 4.69) is 15.4 Å². The molecule has 1 aromatic heterocycles. The summed E-state index contributed by atoms with van der Waals surface area (Å²) in [4.78, 5) is 6.97. The minimum absolute atomic E-state index is 0.757. The number of aromatic nitrogens is 2. The molecule has 1 rings (SSSR count). The molecule has 4 heteroatoms. The van der Waals surface area contributed by atoms with Crippen LogP contribution in [0.3, 0.4) is 0 Å². The first-order valence-corrected chi connectivity index (χ1v) is 2.85. The minimum Gasteiger partial charge on any atom is -0.349 e. The first-order valence-electron chi connectivity index (χ1n) is 2.85.